The van der Waals surface area contributed by atoms with Crippen molar-refractivity contribution in [2.45, 2.75) is 32.6 Å². The average molecular weight is 445 g/mol. The second-order valence-electron chi connectivity index (χ2n) is 8.66. The fourth-order valence-electron chi connectivity index (χ4n) is 4.48. The highest BCUT2D eigenvalue weighted by Gasteiger charge is 2.16. The Morgan fingerprint density at radius 2 is 1.42 bits per heavy atom. The van der Waals surface area contributed by atoms with Crippen LogP contribution < -0.4 is 4.74 Å². The summed E-state index contributed by atoms with van der Waals surface area (Å²) in [4.78, 5) is 0. The molecule has 0 unspecified atom stereocenters. The van der Waals surface area contributed by atoms with Gasteiger partial charge in [0.25, 0.3) is 0 Å². The summed E-state index contributed by atoms with van der Waals surface area (Å²) in [6.45, 7) is 6.11. The van der Waals surface area contributed by atoms with E-state index in [1.54, 1.807) is 25.1 Å². The largest absolute Gasteiger partial charge is 0.491 e. The van der Waals surface area contributed by atoms with Crippen molar-refractivity contribution in [1.29, 1.82) is 0 Å². The topological polar surface area (TPSA) is 9.23 Å². The van der Waals surface area contributed by atoms with Crippen LogP contribution in [0.4, 0.5) is 8.78 Å². The molecule has 3 heteroatoms. The standard InChI is InChI=1S/C30H30F2O/c1-3-21-5-7-22(8-6-21)9-10-23-11-13-24(14-12-23)27-17-15-25(19-28(27)31)26-16-18-30(33-4-2)29(32)20-26/h3,9-22H,1,4-8H2,2H3/b10-9+. The van der Waals surface area contributed by atoms with Crippen molar-refractivity contribution in [3.8, 4) is 28.0 Å². The first-order valence-corrected chi connectivity index (χ1v) is 11.7. The molecule has 0 spiro atoms. The number of hydrogen-bond acceptors (Lipinski definition) is 1. The summed E-state index contributed by atoms with van der Waals surface area (Å²) in [7, 11) is 0. The highest BCUT2D eigenvalue weighted by atomic mass is 19.1. The molecule has 1 aliphatic carbocycles. The van der Waals surface area contributed by atoms with E-state index in [4.69, 9.17) is 4.74 Å². The molecule has 0 aromatic heterocycles. The SMILES string of the molecule is C=CC1CCC(/C=C/c2ccc(-c3ccc(-c4ccc(OCC)c(F)c4)cc3F)cc2)CC1. The molecular formula is C30H30F2O. The maximum Gasteiger partial charge on any atom is 0.165 e. The summed E-state index contributed by atoms with van der Waals surface area (Å²) in [5.74, 6) is 0.721. The van der Waals surface area contributed by atoms with Crippen LogP contribution in [0.1, 0.15) is 38.2 Å². The molecule has 1 saturated carbocycles. The van der Waals surface area contributed by atoms with Gasteiger partial charge >= 0.3 is 0 Å². The zero-order chi connectivity index (χ0) is 23.2. The monoisotopic (exact) mass is 444 g/mol. The van der Waals surface area contributed by atoms with Gasteiger partial charge in [-0.25, -0.2) is 8.78 Å². The van der Waals surface area contributed by atoms with Gasteiger partial charge in [0.1, 0.15) is 5.82 Å². The molecule has 1 fully saturated rings. The van der Waals surface area contributed by atoms with Crippen LogP contribution in [0.3, 0.4) is 0 Å². The summed E-state index contributed by atoms with van der Waals surface area (Å²) >= 11 is 0. The molecule has 1 aliphatic rings. The van der Waals surface area contributed by atoms with E-state index in [1.807, 2.05) is 30.3 Å². The molecule has 3 aromatic rings. The van der Waals surface area contributed by atoms with E-state index in [0.717, 1.165) is 11.1 Å². The van der Waals surface area contributed by atoms with E-state index >= 15 is 0 Å². The van der Waals surface area contributed by atoms with E-state index in [9.17, 15) is 8.78 Å². The van der Waals surface area contributed by atoms with Gasteiger partial charge in [-0.1, -0.05) is 60.7 Å². The van der Waals surface area contributed by atoms with Crippen LogP contribution in [-0.2, 0) is 0 Å². The van der Waals surface area contributed by atoms with Crippen molar-refractivity contribution in [1.82, 2.24) is 0 Å². The van der Waals surface area contributed by atoms with Gasteiger partial charge in [0, 0.05) is 5.56 Å². The third-order valence-electron chi connectivity index (χ3n) is 6.47. The third-order valence-corrected chi connectivity index (χ3v) is 6.47. The quantitative estimate of drug-likeness (QED) is 0.331. The highest BCUT2D eigenvalue weighted by molar-refractivity contribution is 5.72. The molecule has 0 radical (unpaired) electrons. The normalized spacial score (nSPS) is 18.4. The summed E-state index contributed by atoms with van der Waals surface area (Å²) in [6, 6.07) is 17.7. The predicted molar refractivity (Wildman–Crippen MR) is 133 cm³/mol. The van der Waals surface area contributed by atoms with E-state index in [-0.39, 0.29) is 11.6 Å². The van der Waals surface area contributed by atoms with Crippen molar-refractivity contribution in [3.05, 3.63) is 96.6 Å². The third kappa shape index (κ3) is 5.60. The predicted octanol–water partition coefficient (Wildman–Crippen LogP) is 8.70. The number of rotatable bonds is 7. The van der Waals surface area contributed by atoms with Gasteiger partial charge in [-0.2, -0.15) is 0 Å². The fraction of sp³-hybridized carbons (Fsp3) is 0.267. The highest BCUT2D eigenvalue weighted by Crippen LogP contribution is 2.32. The molecule has 3 aromatic carbocycles. The zero-order valence-corrected chi connectivity index (χ0v) is 19.1. The Hall–Kier alpha value is -3.20. The van der Waals surface area contributed by atoms with E-state index in [2.05, 4.69) is 24.8 Å². The lowest BCUT2D eigenvalue weighted by molar-refractivity contribution is 0.321. The Morgan fingerprint density at radius 1 is 0.818 bits per heavy atom. The van der Waals surface area contributed by atoms with Crippen LogP contribution in [0.25, 0.3) is 28.3 Å². The second-order valence-corrected chi connectivity index (χ2v) is 8.66. The molecule has 1 nitrogen and oxygen atoms in total. The lowest BCUT2D eigenvalue weighted by Gasteiger charge is -2.24. The molecule has 0 bridgehead atoms. The Kier molecular flexibility index (Phi) is 7.39. The Balaban J connectivity index is 1.45. The van der Waals surface area contributed by atoms with Crippen molar-refractivity contribution < 1.29 is 13.5 Å². The summed E-state index contributed by atoms with van der Waals surface area (Å²) < 4.78 is 34.4. The van der Waals surface area contributed by atoms with Crippen LogP contribution in [0.2, 0.25) is 0 Å². The number of allylic oxidation sites excluding steroid dienone is 2. The number of ether oxygens (including phenoxy) is 1. The van der Waals surface area contributed by atoms with Crippen LogP contribution in [0.15, 0.2) is 79.4 Å². The molecule has 33 heavy (non-hydrogen) atoms. The van der Waals surface area contributed by atoms with Crippen molar-refractivity contribution in [2.75, 3.05) is 6.61 Å². The number of benzene rings is 3. The maximum atomic E-state index is 14.9. The average Bonchev–Trinajstić information content (AvgIpc) is 2.85. The smallest absolute Gasteiger partial charge is 0.165 e. The first kappa shape index (κ1) is 23.0. The van der Waals surface area contributed by atoms with Crippen LogP contribution in [0, 0.1) is 23.5 Å². The van der Waals surface area contributed by atoms with Gasteiger partial charge in [0.15, 0.2) is 11.6 Å². The van der Waals surface area contributed by atoms with E-state index < -0.39 is 5.82 Å². The molecule has 0 heterocycles. The van der Waals surface area contributed by atoms with Gasteiger partial charge in [-0.3, -0.25) is 0 Å². The van der Waals surface area contributed by atoms with Crippen molar-refractivity contribution >= 4 is 6.08 Å². The minimum absolute atomic E-state index is 0.205. The Labute approximate surface area is 195 Å². The van der Waals surface area contributed by atoms with Crippen LogP contribution in [0.5, 0.6) is 5.75 Å². The van der Waals surface area contributed by atoms with E-state index in [0.29, 0.717) is 35.1 Å². The molecule has 0 saturated heterocycles. The second kappa shape index (κ2) is 10.6. The molecule has 0 N–H and O–H groups in total. The number of halogens is 2. The summed E-state index contributed by atoms with van der Waals surface area (Å²) in [5.41, 5.74) is 3.71. The molecule has 0 aliphatic heterocycles. The van der Waals surface area contributed by atoms with Crippen LogP contribution >= 0.6 is 0 Å². The molecule has 0 atom stereocenters. The maximum absolute atomic E-state index is 14.9. The van der Waals surface area contributed by atoms with E-state index in [1.165, 1.54) is 37.8 Å². The Morgan fingerprint density at radius 3 is 2.03 bits per heavy atom. The Bertz CT molecular complexity index is 1120. The molecule has 170 valence electrons. The van der Waals surface area contributed by atoms with Crippen molar-refractivity contribution in [3.63, 3.8) is 0 Å². The molecule has 4 rings (SSSR count). The summed E-state index contributed by atoms with van der Waals surface area (Å²) in [5, 5.41) is 0. The van der Waals surface area contributed by atoms with Gasteiger partial charge in [-0.05, 0) is 84.9 Å². The van der Waals surface area contributed by atoms with Gasteiger partial charge in [0.05, 0.1) is 6.61 Å². The minimum Gasteiger partial charge on any atom is -0.491 e. The van der Waals surface area contributed by atoms with Gasteiger partial charge in [-0.15, -0.1) is 6.58 Å². The van der Waals surface area contributed by atoms with Gasteiger partial charge in [0.2, 0.25) is 0 Å². The minimum atomic E-state index is -0.448. The lowest BCUT2D eigenvalue weighted by Crippen LogP contribution is -2.10. The first-order valence-electron chi connectivity index (χ1n) is 11.7. The summed E-state index contributed by atoms with van der Waals surface area (Å²) in [6.07, 6.45) is 11.4. The van der Waals surface area contributed by atoms with Gasteiger partial charge < -0.3 is 4.74 Å². The number of hydrogen-bond donors (Lipinski definition) is 0. The zero-order valence-electron chi connectivity index (χ0n) is 19.1. The lowest BCUT2D eigenvalue weighted by atomic mass is 9.82. The van der Waals surface area contributed by atoms with Crippen LogP contribution in [-0.4, -0.2) is 6.61 Å². The molecular weight excluding hydrogens is 414 g/mol. The van der Waals surface area contributed by atoms with Crippen molar-refractivity contribution in [2.24, 2.45) is 11.8 Å². The molecule has 0 amide bonds. The fourth-order valence-corrected chi connectivity index (χ4v) is 4.48. The first-order chi connectivity index (χ1) is 16.1.